The third-order valence-corrected chi connectivity index (χ3v) is 2.87. The van der Waals surface area contributed by atoms with Gasteiger partial charge < -0.3 is 15.8 Å². The molecule has 6 nitrogen and oxygen atoms in total. The molecule has 0 bridgehead atoms. The highest BCUT2D eigenvalue weighted by Crippen LogP contribution is 2.15. The van der Waals surface area contributed by atoms with E-state index in [1.807, 2.05) is 0 Å². The van der Waals surface area contributed by atoms with E-state index in [-0.39, 0.29) is 12.5 Å². The molecular weight excluding hydrogens is 220 g/mol. The molecule has 1 aromatic rings. The number of nitrogens with two attached hydrogens (primary N) is 1. The number of ether oxygens (including phenoxy) is 1. The fourth-order valence-electron chi connectivity index (χ4n) is 1.90. The summed E-state index contributed by atoms with van der Waals surface area (Å²) in [6.45, 7) is 2.60. The summed E-state index contributed by atoms with van der Waals surface area (Å²) in [7, 11) is 0. The molecule has 1 unspecified atom stereocenters. The molecule has 1 aliphatic rings. The Morgan fingerprint density at radius 3 is 3.24 bits per heavy atom. The Balaban J connectivity index is 1.63. The number of carbonyl (C=O) groups excluding carboxylic acids is 1. The molecule has 0 aromatic carbocycles. The van der Waals surface area contributed by atoms with Crippen molar-refractivity contribution in [3.05, 3.63) is 12.3 Å². The molecule has 0 spiro atoms. The summed E-state index contributed by atoms with van der Waals surface area (Å²) in [6.07, 6.45) is 3.78. The minimum Gasteiger partial charge on any atom is -0.382 e. The van der Waals surface area contributed by atoms with Crippen molar-refractivity contribution in [2.75, 3.05) is 25.5 Å². The molecule has 1 amide bonds. The highest BCUT2D eigenvalue weighted by molar-refractivity contribution is 5.75. The number of aromatic nitrogens is 2. The predicted octanol–water partition coefficient (Wildman–Crippen LogP) is 0.00810. The van der Waals surface area contributed by atoms with Gasteiger partial charge >= 0.3 is 0 Å². The highest BCUT2D eigenvalue weighted by atomic mass is 16.5. The van der Waals surface area contributed by atoms with Crippen LogP contribution >= 0.6 is 0 Å². The standard InChI is InChI=1S/C11H18N4O2/c12-10-2-5-15(14-10)7-11(16)13-4-1-9-3-6-17-8-9/h2,5,9H,1,3-4,6-8H2,(H2,12,14)(H,13,16). The minimum atomic E-state index is -0.0352. The molecular formula is C11H18N4O2. The summed E-state index contributed by atoms with van der Waals surface area (Å²) in [5.41, 5.74) is 5.46. The average molecular weight is 238 g/mol. The lowest BCUT2D eigenvalue weighted by Crippen LogP contribution is -2.29. The van der Waals surface area contributed by atoms with Crippen LogP contribution in [0.25, 0.3) is 0 Å². The van der Waals surface area contributed by atoms with Crippen molar-refractivity contribution in [3.8, 4) is 0 Å². The molecule has 94 valence electrons. The first-order chi connectivity index (χ1) is 8.24. The van der Waals surface area contributed by atoms with Crippen molar-refractivity contribution in [2.24, 2.45) is 5.92 Å². The SMILES string of the molecule is Nc1ccn(CC(=O)NCCC2CCOC2)n1. The second kappa shape index (κ2) is 5.67. The molecule has 2 heterocycles. The van der Waals surface area contributed by atoms with Crippen LogP contribution in [0.15, 0.2) is 12.3 Å². The van der Waals surface area contributed by atoms with E-state index in [2.05, 4.69) is 10.4 Å². The van der Waals surface area contributed by atoms with Crippen LogP contribution in [-0.2, 0) is 16.1 Å². The third-order valence-electron chi connectivity index (χ3n) is 2.87. The third kappa shape index (κ3) is 3.74. The Morgan fingerprint density at radius 2 is 2.59 bits per heavy atom. The second-order valence-electron chi connectivity index (χ2n) is 4.31. The maximum atomic E-state index is 11.6. The van der Waals surface area contributed by atoms with Crippen molar-refractivity contribution < 1.29 is 9.53 Å². The fourth-order valence-corrected chi connectivity index (χ4v) is 1.90. The number of hydrogen-bond acceptors (Lipinski definition) is 4. The molecule has 1 aliphatic heterocycles. The summed E-state index contributed by atoms with van der Waals surface area (Å²) >= 11 is 0. The molecule has 6 heteroatoms. The van der Waals surface area contributed by atoms with E-state index in [0.29, 0.717) is 18.3 Å². The van der Waals surface area contributed by atoms with Crippen LogP contribution in [0.1, 0.15) is 12.8 Å². The summed E-state index contributed by atoms with van der Waals surface area (Å²) in [5, 5.41) is 6.82. The molecule has 1 fully saturated rings. The van der Waals surface area contributed by atoms with Gasteiger partial charge in [-0.25, -0.2) is 0 Å². The molecule has 1 saturated heterocycles. The van der Waals surface area contributed by atoms with Crippen molar-refractivity contribution in [2.45, 2.75) is 19.4 Å². The summed E-state index contributed by atoms with van der Waals surface area (Å²) < 4.78 is 6.80. The van der Waals surface area contributed by atoms with Gasteiger partial charge in [-0.1, -0.05) is 0 Å². The van der Waals surface area contributed by atoms with Gasteiger partial charge in [-0.15, -0.1) is 0 Å². The number of hydrogen-bond donors (Lipinski definition) is 2. The fraction of sp³-hybridized carbons (Fsp3) is 0.636. The van der Waals surface area contributed by atoms with Gasteiger partial charge in [0.1, 0.15) is 12.4 Å². The first kappa shape index (κ1) is 11.9. The number of rotatable bonds is 5. The van der Waals surface area contributed by atoms with E-state index in [0.717, 1.165) is 26.1 Å². The quantitative estimate of drug-likeness (QED) is 0.757. The lowest BCUT2D eigenvalue weighted by atomic mass is 10.1. The van der Waals surface area contributed by atoms with Gasteiger partial charge in [-0.3, -0.25) is 9.48 Å². The molecule has 1 atom stereocenters. The van der Waals surface area contributed by atoms with Gasteiger partial charge in [0.25, 0.3) is 0 Å². The van der Waals surface area contributed by atoms with Crippen molar-refractivity contribution in [3.63, 3.8) is 0 Å². The average Bonchev–Trinajstić information content (AvgIpc) is 2.90. The van der Waals surface area contributed by atoms with E-state index in [4.69, 9.17) is 10.5 Å². The molecule has 3 N–H and O–H groups in total. The van der Waals surface area contributed by atoms with Gasteiger partial charge in [0.15, 0.2) is 0 Å². The highest BCUT2D eigenvalue weighted by Gasteiger charge is 2.15. The predicted molar refractivity (Wildman–Crippen MR) is 63.2 cm³/mol. The lowest BCUT2D eigenvalue weighted by Gasteiger charge is -2.08. The van der Waals surface area contributed by atoms with E-state index >= 15 is 0 Å². The van der Waals surface area contributed by atoms with E-state index in [1.165, 1.54) is 4.68 Å². The van der Waals surface area contributed by atoms with Gasteiger partial charge in [-0.2, -0.15) is 5.10 Å². The summed E-state index contributed by atoms with van der Waals surface area (Å²) in [5.74, 6) is 0.989. The molecule has 2 rings (SSSR count). The minimum absolute atomic E-state index is 0.0352. The largest absolute Gasteiger partial charge is 0.382 e. The van der Waals surface area contributed by atoms with Gasteiger partial charge in [0, 0.05) is 26.0 Å². The molecule has 0 radical (unpaired) electrons. The van der Waals surface area contributed by atoms with Crippen molar-refractivity contribution >= 4 is 11.7 Å². The monoisotopic (exact) mass is 238 g/mol. The lowest BCUT2D eigenvalue weighted by molar-refractivity contribution is -0.121. The topological polar surface area (TPSA) is 82.2 Å². The van der Waals surface area contributed by atoms with Crippen LogP contribution < -0.4 is 11.1 Å². The van der Waals surface area contributed by atoms with Crippen LogP contribution in [0, 0.1) is 5.92 Å². The molecule has 1 aromatic heterocycles. The normalized spacial score (nSPS) is 19.4. The molecule has 0 saturated carbocycles. The van der Waals surface area contributed by atoms with Crippen LogP contribution in [0.5, 0.6) is 0 Å². The zero-order chi connectivity index (χ0) is 12.1. The number of anilines is 1. The first-order valence-electron chi connectivity index (χ1n) is 5.87. The number of carbonyl (C=O) groups is 1. The van der Waals surface area contributed by atoms with Crippen molar-refractivity contribution in [1.82, 2.24) is 15.1 Å². The zero-order valence-electron chi connectivity index (χ0n) is 9.76. The number of nitrogens with zero attached hydrogens (tertiary/aromatic N) is 2. The summed E-state index contributed by atoms with van der Waals surface area (Å²) in [6, 6.07) is 1.67. The van der Waals surface area contributed by atoms with Gasteiger partial charge in [0.2, 0.25) is 5.91 Å². The number of nitrogen functional groups attached to an aromatic ring is 1. The zero-order valence-corrected chi connectivity index (χ0v) is 9.76. The number of nitrogens with one attached hydrogen (secondary N) is 1. The second-order valence-corrected chi connectivity index (χ2v) is 4.31. The maximum absolute atomic E-state index is 11.6. The van der Waals surface area contributed by atoms with Gasteiger partial charge in [0.05, 0.1) is 0 Å². The Labute approximate surface area is 100 Å². The van der Waals surface area contributed by atoms with Crippen LogP contribution in [0.3, 0.4) is 0 Å². The van der Waals surface area contributed by atoms with E-state index < -0.39 is 0 Å². The molecule has 17 heavy (non-hydrogen) atoms. The number of amides is 1. The van der Waals surface area contributed by atoms with Gasteiger partial charge in [-0.05, 0) is 24.8 Å². The Hall–Kier alpha value is -1.56. The Morgan fingerprint density at radius 1 is 1.71 bits per heavy atom. The molecule has 0 aliphatic carbocycles. The Kier molecular flexibility index (Phi) is 3.98. The van der Waals surface area contributed by atoms with Crippen LogP contribution in [-0.4, -0.2) is 35.4 Å². The maximum Gasteiger partial charge on any atom is 0.241 e. The summed E-state index contributed by atoms with van der Waals surface area (Å²) in [4.78, 5) is 11.6. The first-order valence-corrected chi connectivity index (χ1v) is 5.87. The van der Waals surface area contributed by atoms with Crippen LogP contribution in [0.4, 0.5) is 5.82 Å². The van der Waals surface area contributed by atoms with E-state index in [9.17, 15) is 4.79 Å². The van der Waals surface area contributed by atoms with Crippen molar-refractivity contribution in [1.29, 1.82) is 0 Å². The Bertz CT molecular complexity index is 371. The smallest absolute Gasteiger partial charge is 0.241 e. The van der Waals surface area contributed by atoms with Crippen LogP contribution in [0.2, 0.25) is 0 Å². The van der Waals surface area contributed by atoms with E-state index in [1.54, 1.807) is 12.3 Å².